The molecule has 0 saturated heterocycles. The lowest BCUT2D eigenvalue weighted by Crippen LogP contribution is -2.19. The topological polar surface area (TPSA) is 12.0 Å². The Morgan fingerprint density at radius 1 is 1.50 bits per heavy atom. The molecule has 0 saturated carbocycles. The number of rotatable bonds is 2. The van der Waals surface area contributed by atoms with Crippen molar-refractivity contribution in [3.05, 3.63) is 0 Å². The van der Waals surface area contributed by atoms with Gasteiger partial charge >= 0.3 is 0 Å². The molecule has 0 radical (unpaired) electrons. The second-order valence-electron chi connectivity index (χ2n) is 1.60. The molecule has 0 aromatic carbocycles. The average molecular weight is 133 g/mol. The van der Waals surface area contributed by atoms with Gasteiger partial charge in [0.1, 0.15) is 0 Å². The Bertz CT molecular complexity index is 27.7. The molecule has 0 spiro atoms. The first kappa shape index (κ1) is 11.0. The Morgan fingerprint density at radius 2 is 1.88 bits per heavy atom. The summed E-state index contributed by atoms with van der Waals surface area (Å²) in [6.07, 6.45) is 1.22. The van der Waals surface area contributed by atoms with Crippen molar-refractivity contribution >= 4 is 10.2 Å². The number of hydrogen-bond acceptors (Lipinski definition) is 1. The van der Waals surface area contributed by atoms with Crippen LogP contribution in [0.25, 0.3) is 0 Å². The predicted octanol–water partition coefficient (Wildman–Crippen LogP) is 0.404. The second kappa shape index (κ2) is 10.2. The Morgan fingerprint density at radius 3 is 1.88 bits per heavy atom. The van der Waals surface area contributed by atoms with E-state index in [-0.39, 0.29) is 0 Å². The standard InChI is InChI=1S/C5H13N.CH6Si/c1-4-5(2)6-3;1-2/h5-6H,4H2,1-3H3;1-2H3. The fourth-order valence-corrected chi connectivity index (χ4v) is 0.204. The van der Waals surface area contributed by atoms with Gasteiger partial charge in [-0.15, -0.1) is 0 Å². The second-order valence-corrected chi connectivity index (χ2v) is 1.60. The smallest absolute Gasteiger partial charge is 0.00331 e. The molecule has 1 nitrogen and oxygen atoms in total. The molecule has 0 aromatic heterocycles. The van der Waals surface area contributed by atoms with Crippen LogP contribution in [-0.4, -0.2) is 23.3 Å². The third-order valence-electron chi connectivity index (χ3n) is 1.11. The highest BCUT2D eigenvalue weighted by Crippen LogP contribution is 1.82. The summed E-state index contributed by atoms with van der Waals surface area (Å²) in [7, 11) is 3.29. The van der Waals surface area contributed by atoms with Gasteiger partial charge in [-0.3, -0.25) is 0 Å². The SMILES string of the molecule is CCC(C)NC.C[SiH3]. The van der Waals surface area contributed by atoms with Crippen LogP contribution in [0, 0.1) is 0 Å². The first-order valence-electron chi connectivity index (χ1n) is 3.48. The molecule has 0 aromatic rings. The van der Waals surface area contributed by atoms with E-state index in [1.54, 1.807) is 0 Å². The monoisotopic (exact) mass is 133 g/mol. The summed E-state index contributed by atoms with van der Waals surface area (Å²) in [5.74, 6) is 0. The predicted molar refractivity (Wildman–Crippen MR) is 44.6 cm³/mol. The Balaban J connectivity index is 0. The Labute approximate surface area is 56.3 Å². The summed E-state index contributed by atoms with van der Waals surface area (Å²) in [4.78, 5) is 0. The Hall–Kier alpha value is 0.177. The van der Waals surface area contributed by atoms with E-state index >= 15 is 0 Å². The molecule has 0 aliphatic heterocycles. The number of nitrogens with one attached hydrogen (secondary N) is 1. The van der Waals surface area contributed by atoms with Crippen molar-refractivity contribution in [1.29, 1.82) is 0 Å². The van der Waals surface area contributed by atoms with Crippen LogP contribution in [0.3, 0.4) is 0 Å². The summed E-state index contributed by atoms with van der Waals surface area (Å²) in [5, 5.41) is 3.11. The van der Waals surface area contributed by atoms with Gasteiger partial charge < -0.3 is 5.32 Å². The lowest BCUT2D eigenvalue weighted by atomic mass is 10.3. The van der Waals surface area contributed by atoms with Crippen molar-refractivity contribution in [2.24, 2.45) is 0 Å². The zero-order valence-electron chi connectivity index (χ0n) is 6.78. The molecule has 52 valence electrons. The molecule has 1 atom stereocenters. The van der Waals surface area contributed by atoms with Gasteiger partial charge in [-0.2, -0.15) is 0 Å². The van der Waals surface area contributed by atoms with Crippen LogP contribution >= 0.6 is 0 Å². The maximum Gasteiger partial charge on any atom is 0.00331 e. The summed E-state index contributed by atoms with van der Waals surface area (Å²) in [6.45, 7) is 6.47. The van der Waals surface area contributed by atoms with E-state index in [0.29, 0.717) is 6.04 Å². The maximum atomic E-state index is 3.11. The van der Waals surface area contributed by atoms with Gasteiger partial charge in [0.05, 0.1) is 0 Å². The molecule has 1 unspecified atom stereocenters. The normalized spacial score (nSPS) is 12.0. The maximum absolute atomic E-state index is 3.11. The average Bonchev–Trinajstić information content (AvgIpc) is 1.91. The first-order valence-corrected chi connectivity index (χ1v) is 5.48. The third-order valence-corrected chi connectivity index (χ3v) is 1.11. The van der Waals surface area contributed by atoms with E-state index < -0.39 is 0 Å². The molecule has 8 heavy (non-hydrogen) atoms. The van der Waals surface area contributed by atoms with Crippen LogP contribution in [-0.2, 0) is 0 Å². The van der Waals surface area contributed by atoms with Gasteiger partial charge in [-0.05, 0) is 30.6 Å². The van der Waals surface area contributed by atoms with Gasteiger partial charge in [0.15, 0.2) is 0 Å². The third kappa shape index (κ3) is 9.49. The van der Waals surface area contributed by atoms with Crippen LogP contribution in [0.4, 0.5) is 0 Å². The fourth-order valence-electron chi connectivity index (χ4n) is 0.204. The molecular weight excluding hydrogens is 114 g/mol. The molecule has 0 rings (SSSR count). The van der Waals surface area contributed by atoms with Gasteiger partial charge in [-0.1, -0.05) is 13.5 Å². The molecule has 0 aliphatic carbocycles. The van der Waals surface area contributed by atoms with Gasteiger partial charge in [0.2, 0.25) is 0 Å². The van der Waals surface area contributed by atoms with E-state index in [2.05, 4.69) is 25.7 Å². The first-order chi connectivity index (χ1) is 3.81. The summed E-state index contributed by atoms with van der Waals surface area (Å²) < 4.78 is 0. The summed E-state index contributed by atoms with van der Waals surface area (Å²) in [5.41, 5.74) is 0. The molecule has 0 amide bonds. The van der Waals surface area contributed by atoms with Crippen molar-refractivity contribution in [2.45, 2.75) is 32.9 Å². The van der Waals surface area contributed by atoms with Crippen LogP contribution < -0.4 is 5.32 Å². The van der Waals surface area contributed by atoms with Gasteiger partial charge in [-0.25, -0.2) is 0 Å². The zero-order valence-corrected chi connectivity index (χ0v) is 8.78. The van der Waals surface area contributed by atoms with Gasteiger partial charge in [0, 0.05) is 6.04 Å². The zero-order chi connectivity index (χ0) is 6.99. The van der Waals surface area contributed by atoms with Crippen molar-refractivity contribution in [2.75, 3.05) is 7.05 Å². The lowest BCUT2D eigenvalue weighted by Gasteiger charge is -2.02. The van der Waals surface area contributed by atoms with Crippen molar-refractivity contribution in [3.8, 4) is 0 Å². The minimum absolute atomic E-state index is 0.685. The number of hydrogen-bond donors (Lipinski definition) is 1. The van der Waals surface area contributed by atoms with Crippen molar-refractivity contribution in [1.82, 2.24) is 5.32 Å². The molecule has 0 fully saturated rings. The lowest BCUT2D eigenvalue weighted by molar-refractivity contribution is 0.593. The van der Waals surface area contributed by atoms with Crippen LogP contribution in [0.1, 0.15) is 20.3 Å². The molecule has 1 N–H and O–H groups in total. The highest BCUT2D eigenvalue weighted by atomic mass is 28.1. The Kier molecular flexibility index (Phi) is 14.1. The molecule has 0 heterocycles. The van der Waals surface area contributed by atoms with E-state index in [4.69, 9.17) is 0 Å². The highest BCUT2D eigenvalue weighted by Gasteiger charge is 1.86. The summed E-state index contributed by atoms with van der Waals surface area (Å²) in [6, 6.07) is 0.685. The van der Waals surface area contributed by atoms with Gasteiger partial charge in [0.25, 0.3) is 0 Å². The van der Waals surface area contributed by atoms with E-state index in [0.717, 1.165) is 0 Å². The van der Waals surface area contributed by atoms with Crippen LogP contribution in [0.15, 0.2) is 0 Å². The van der Waals surface area contributed by atoms with E-state index in [1.807, 2.05) is 7.05 Å². The largest absolute Gasteiger partial charge is 0.317 e. The van der Waals surface area contributed by atoms with E-state index in [1.165, 1.54) is 16.7 Å². The minimum Gasteiger partial charge on any atom is -0.317 e. The van der Waals surface area contributed by atoms with E-state index in [9.17, 15) is 0 Å². The minimum atomic E-state index is 0.685. The van der Waals surface area contributed by atoms with Crippen LogP contribution in [0.5, 0.6) is 0 Å². The molecule has 0 aliphatic rings. The molecule has 2 heteroatoms. The van der Waals surface area contributed by atoms with Crippen molar-refractivity contribution in [3.63, 3.8) is 0 Å². The highest BCUT2D eigenvalue weighted by molar-refractivity contribution is 6.05. The fraction of sp³-hybridized carbons (Fsp3) is 1.00. The molecular formula is C6H19NSi. The quantitative estimate of drug-likeness (QED) is 0.538. The van der Waals surface area contributed by atoms with Crippen molar-refractivity contribution < 1.29 is 0 Å². The van der Waals surface area contributed by atoms with Crippen LogP contribution in [0.2, 0.25) is 6.55 Å². The summed E-state index contributed by atoms with van der Waals surface area (Å²) >= 11 is 0. The molecule has 0 bridgehead atoms.